The minimum Gasteiger partial charge on any atom is -0.481 e. The van der Waals surface area contributed by atoms with Crippen LogP contribution in [0, 0.1) is 5.41 Å². The second kappa shape index (κ2) is 4.40. The Morgan fingerprint density at radius 3 is 2.70 bits per heavy atom. The number of rotatable bonds is 4. The first-order valence-electron chi connectivity index (χ1n) is 7.50. The molecule has 1 aromatic heterocycles. The Kier molecular flexibility index (Phi) is 2.83. The van der Waals surface area contributed by atoms with E-state index < -0.39 is 23.9 Å². The number of aliphatic carboxylic acids is 1. The van der Waals surface area contributed by atoms with Gasteiger partial charge in [0.05, 0.1) is 28.9 Å². The third kappa shape index (κ3) is 2.20. The molecule has 5 rings (SSSR count). The van der Waals surface area contributed by atoms with Gasteiger partial charge in [0.1, 0.15) is 0 Å². The maximum Gasteiger partial charge on any atom is 0.522 e. The minimum absolute atomic E-state index is 0.178. The average molecular weight is 331 g/mol. The van der Waals surface area contributed by atoms with E-state index in [2.05, 4.69) is 9.84 Å². The quantitative estimate of drug-likeness (QED) is 0.913. The zero-order chi connectivity index (χ0) is 16.5. The van der Waals surface area contributed by atoms with Gasteiger partial charge in [0.2, 0.25) is 0 Å². The number of ether oxygens (including phenoxy) is 1. The third-order valence-corrected chi connectivity index (χ3v) is 5.32. The van der Waals surface area contributed by atoms with Crippen molar-refractivity contribution >= 4 is 11.7 Å². The van der Waals surface area contributed by atoms with Crippen molar-refractivity contribution in [2.24, 2.45) is 5.41 Å². The molecule has 1 aromatic rings. The highest BCUT2D eigenvalue weighted by atomic mass is 19.4. The van der Waals surface area contributed by atoms with Gasteiger partial charge in [-0.3, -0.25) is 14.2 Å². The molecule has 3 aliphatic carbocycles. The van der Waals surface area contributed by atoms with Crippen molar-refractivity contribution < 1.29 is 27.8 Å². The lowest BCUT2D eigenvalue weighted by Gasteiger charge is -2.67. The summed E-state index contributed by atoms with van der Waals surface area (Å²) in [6.45, 7) is 0.662. The van der Waals surface area contributed by atoms with E-state index in [9.17, 15) is 18.0 Å². The van der Waals surface area contributed by atoms with Crippen LogP contribution in [-0.4, -0.2) is 46.4 Å². The number of carbonyl (C=O) groups is 1. The van der Waals surface area contributed by atoms with Crippen LogP contribution in [0.1, 0.15) is 25.7 Å². The molecule has 0 aromatic carbocycles. The van der Waals surface area contributed by atoms with Gasteiger partial charge < -0.3 is 10.0 Å². The van der Waals surface area contributed by atoms with Crippen LogP contribution in [0.2, 0.25) is 0 Å². The van der Waals surface area contributed by atoms with Gasteiger partial charge in [0.25, 0.3) is 0 Å². The SMILES string of the molecule is O=C(O)C12CC(n3cc(N4CCC(OC(F)(F)F)C4)cn3)(C1)C2. The van der Waals surface area contributed by atoms with Crippen LogP contribution in [0.15, 0.2) is 12.4 Å². The molecule has 0 amide bonds. The zero-order valence-electron chi connectivity index (χ0n) is 12.2. The van der Waals surface area contributed by atoms with Crippen LogP contribution in [-0.2, 0) is 15.1 Å². The minimum atomic E-state index is -4.61. The predicted molar refractivity (Wildman–Crippen MR) is 71.9 cm³/mol. The topological polar surface area (TPSA) is 67.6 Å². The summed E-state index contributed by atoms with van der Waals surface area (Å²) in [5, 5.41) is 13.4. The number of hydrogen-bond donors (Lipinski definition) is 1. The maximum absolute atomic E-state index is 12.3. The van der Waals surface area contributed by atoms with E-state index >= 15 is 0 Å². The van der Waals surface area contributed by atoms with Crippen molar-refractivity contribution in [2.45, 2.75) is 43.7 Å². The molecule has 4 aliphatic rings. The molecular weight excluding hydrogens is 315 g/mol. The summed E-state index contributed by atoms with van der Waals surface area (Å²) in [7, 11) is 0. The number of nitrogens with zero attached hydrogens (tertiary/aromatic N) is 3. The fraction of sp³-hybridized carbons (Fsp3) is 0.714. The summed E-state index contributed by atoms with van der Waals surface area (Å²) in [6, 6.07) is 0. The first kappa shape index (κ1) is 14.8. The van der Waals surface area contributed by atoms with E-state index in [1.54, 1.807) is 17.1 Å². The Morgan fingerprint density at radius 2 is 2.09 bits per heavy atom. The Morgan fingerprint density at radius 1 is 1.39 bits per heavy atom. The van der Waals surface area contributed by atoms with E-state index in [4.69, 9.17) is 5.11 Å². The maximum atomic E-state index is 12.3. The molecule has 1 N–H and O–H groups in total. The number of anilines is 1. The average Bonchev–Trinajstić information content (AvgIpc) is 2.91. The van der Waals surface area contributed by atoms with Crippen LogP contribution in [0.4, 0.5) is 18.9 Å². The zero-order valence-corrected chi connectivity index (χ0v) is 12.2. The number of hydrogen-bond acceptors (Lipinski definition) is 4. The van der Waals surface area contributed by atoms with Crippen molar-refractivity contribution in [1.29, 1.82) is 0 Å². The number of aromatic nitrogens is 2. The first-order chi connectivity index (χ1) is 10.7. The molecule has 6 nitrogen and oxygen atoms in total. The van der Waals surface area contributed by atoms with Crippen molar-refractivity contribution in [2.75, 3.05) is 18.0 Å². The molecule has 0 spiro atoms. The molecule has 1 atom stereocenters. The fourth-order valence-electron chi connectivity index (χ4n) is 4.19. The normalized spacial score (nSPS) is 35.8. The summed E-state index contributed by atoms with van der Waals surface area (Å²) in [5.41, 5.74) is -0.0312. The molecular formula is C14H16F3N3O3. The molecule has 0 radical (unpaired) electrons. The van der Waals surface area contributed by atoms with Crippen LogP contribution in [0.3, 0.4) is 0 Å². The molecule has 126 valence electrons. The Bertz CT molecular complexity index is 637. The van der Waals surface area contributed by atoms with Gasteiger partial charge >= 0.3 is 12.3 Å². The second-order valence-electron chi connectivity index (χ2n) is 6.90. The molecule has 1 aliphatic heterocycles. The van der Waals surface area contributed by atoms with Crippen LogP contribution < -0.4 is 4.90 Å². The van der Waals surface area contributed by atoms with Crippen molar-refractivity contribution in [3.05, 3.63) is 12.4 Å². The van der Waals surface area contributed by atoms with E-state index in [0.717, 1.165) is 5.69 Å². The van der Waals surface area contributed by atoms with Gasteiger partial charge in [0.15, 0.2) is 0 Å². The highest BCUT2D eigenvalue weighted by Crippen LogP contribution is 2.71. The van der Waals surface area contributed by atoms with Gasteiger partial charge in [-0.25, -0.2) is 0 Å². The lowest BCUT2D eigenvalue weighted by atomic mass is 9.39. The van der Waals surface area contributed by atoms with E-state index in [0.29, 0.717) is 32.2 Å². The van der Waals surface area contributed by atoms with Crippen LogP contribution >= 0.6 is 0 Å². The summed E-state index contributed by atoms with van der Waals surface area (Å²) < 4.78 is 42.6. The number of alkyl halides is 3. The third-order valence-electron chi connectivity index (χ3n) is 5.32. The molecule has 2 bridgehead atoms. The smallest absolute Gasteiger partial charge is 0.481 e. The van der Waals surface area contributed by atoms with Gasteiger partial charge in [-0.2, -0.15) is 5.10 Å². The molecule has 3 saturated carbocycles. The Hall–Kier alpha value is -1.77. The molecule has 1 saturated heterocycles. The Labute approximate surface area is 129 Å². The predicted octanol–water partition coefficient (Wildman–Crippen LogP) is 1.96. The number of carboxylic acid groups (broad SMARTS) is 1. The summed E-state index contributed by atoms with van der Waals surface area (Å²) in [6.07, 6.45) is 0.0244. The van der Waals surface area contributed by atoms with Gasteiger partial charge in [0, 0.05) is 19.3 Å². The monoisotopic (exact) mass is 331 g/mol. The molecule has 2 heterocycles. The largest absolute Gasteiger partial charge is 0.522 e. The fourth-order valence-corrected chi connectivity index (χ4v) is 4.19. The lowest BCUT2D eigenvalue weighted by Crippen LogP contribution is -2.70. The summed E-state index contributed by atoms with van der Waals surface area (Å²) >= 11 is 0. The molecule has 23 heavy (non-hydrogen) atoms. The molecule has 9 heteroatoms. The molecule has 4 fully saturated rings. The van der Waals surface area contributed by atoms with Crippen LogP contribution in [0.5, 0.6) is 0 Å². The van der Waals surface area contributed by atoms with Crippen LogP contribution in [0.25, 0.3) is 0 Å². The summed E-state index contributed by atoms with van der Waals surface area (Å²) in [5.74, 6) is -0.751. The van der Waals surface area contributed by atoms with E-state index in [-0.39, 0.29) is 12.1 Å². The van der Waals surface area contributed by atoms with Crippen molar-refractivity contribution in [1.82, 2.24) is 9.78 Å². The molecule has 1 unspecified atom stereocenters. The second-order valence-corrected chi connectivity index (χ2v) is 6.90. The Balaban J connectivity index is 1.40. The van der Waals surface area contributed by atoms with Crippen molar-refractivity contribution in [3.63, 3.8) is 0 Å². The van der Waals surface area contributed by atoms with Gasteiger partial charge in [-0.15, -0.1) is 13.2 Å². The standard InChI is InChI=1S/C14H16F3N3O3/c15-14(16,17)23-10-1-2-19(5-10)9-3-18-20(4-9)13-6-12(7-13,8-13)11(21)22/h3-4,10H,1-2,5-8H2,(H,21,22). The highest BCUT2D eigenvalue weighted by molar-refractivity contribution is 5.79. The number of carboxylic acids is 1. The van der Waals surface area contributed by atoms with Crippen molar-refractivity contribution in [3.8, 4) is 0 Å². The highest BCUT2D eigenvalue weighted by Gasteiger charge is 2.73. The van der Waals surface area contributed by atoms with Gasteiger partial charge in [-0.05, 0) is 25.7 Å². The lowest BCUT2D eigenvalue weighted by molar-refractivity contribution is -0.339. The van der Waals surface area contributed by atoms with Gasteiger partial charge in [-0.1, -0.05) is 0 Å². The van der Waals surface area contributed by atoms with E-state index in [1.165, 1.54) is 0 Å². The first-order valence-corrected chi connectivity index (χ1v) is 7.50. The summed E-state index contributed by atoms with van der Waals surface area (Å²) in [4.78, 5) is 13.0. The van der Waals surface area contributed by atoms with E-state index in [1.807, 2.05) is 4.90 Å². The number of halogens is 3.